The van der Waals surface area contributed by atoms with Crippen LogP contribution in [0.2, 0.25) is 0 Å². The summed E-state index contributed by atoms with van der Waals surface area (Å²) in [5.74, 6) is 0.126. The molecule has 1 atom stereocenters. The van der Waals surface area contributed by atoms with Gasteiger partial charge in [-0.1, -0.05) is 23.2 Å². The van der Waals surface area contributed by atoms with E-state index in [1.54, 1.807) is 0 Å². The quantitative estimate of drug-likeness (QED) is 0.792. The van der Waals surface area contributed by atoms with Gasteiger partial charge in [0.1, 0.15) is 0 Å². The summed E-state index contributed by atoms with van der Waals surface area (Å²) in [6.45, 7) is 3.32. The molecule has 1 heterocycles. The summed E-state index contributed by atoms with van der Waals surface area (Å²) in [5, 5.41) is 3.43. The van der Waals surface area contributed by atoms with Gasteiger partial charge in [-0.15, -0.1) is 0 Å². The molecule has 0 aromatic carbocycles. The molecule has 1 amide bonds. The van der Waals surface area contributed by atoms with E-state index in [-0.39, 0.29) is 11.8 Å². The number of nitrogens with one attached hydrogen (secondary N) is 1. The highest BCUT2D eigenvalue weighted by atomic mass is 35.5. The zero-order chi connectivity index (χ0) is 12.7. The molecule has 1 unspecified atom stereocenters. The van der Waals surface area contributed by atoms with Crippen molar-refractivity contribution in [1.29, 1.82) is 0 Å². The smallest absolute Gasteiger partial charge is 0.224 e. The number of nitrogens with two attached hydrogens (primary N) is 1. The van der Waals surface area contributed by atoms with Crippen molar-refractivity contribution in [2.75, 3.05) is 32.7 Å². The van der Waals surface area contributed by atoms with E-state index in [1.807, 2.05) is 0 Å². The largest absolute Gasteiger partial charge is 0.355 e. The minimum atomic E-state index is 0.0371. The van der Waals surface area contributed by atoms with E-state index in [2.05, 4.69) is 10.2 Å². The molecule has 1 saturated heterocycles. The van der Waals surface area contributed by atoms with Crippen molar-refractivity contribution in [3.63, 3.8) is 0 Å². The van der Waals surface area contributed by atoms with Gasteiger partial charge >= 0.3 is 0 Å². The van der Waals surface area contributed by atoms with Gasteiger partial charge in [-0.05, 0) is 19.4 Å². The Labute approximate surface area is 112 Å². The molecule has 17 heavy (non-hydrogen) atoms. The average molecular weight is 280 g/mol. The SMILES string of the molecule is NCCNC(=O)C1CCCN(CC(Cl)=CCl)C1. The van der Waals surface area contributed by atoms with Crippen LogP contribution in [0.1, 0.15) is 12.8 Å². The molecule has 0 radical (unpaired) electrons. The van der Waals surface area contributed by atoms with Gasteiger partial charge in [0.2, 0.25) is 5.91 Å². The van der Waals surface area contributed by atoms with Gasteiger partial charge in [0.15, 0.2) is 0 Å². The molecule has 4 nitrogen and oxygen atoms in total. The number of carbonyl (C=O) groups excluding carboxylic acids is 1. The monoisotopic (exact) mass is 279 g/mol. The molecule has 3 N–H and O–H groups in total. The van der Waals surface area contributed by atoms with Crippen molar-refractivity contribution in [2.24, 2.45) is 11.7 Å². The summed E-state index contributed by atoms with van der Waals surface area (Å²) in [7, 11) is 0. The molecule has 0 aromatic heterocycles. The van der Waals surface area contributed by atoms with Crippen LogP contribution in [0, 0.1) is 5.92 Å². The van der Waals surface area contributed by atoms with Crippen LogP contribution < -0.4 is 11.1 Å². The van der Waals surface area contributed by atoms with Crippen molar-refractivity contribution >= 4 is 29.1 Å². The maximum atomic E-state index is 11.8. The first-order chi connectivity index (χ1) is 8.17. The molecule has 0 aromatic rings. The molecular weight excluding hydrogens is 261 g/mol. The van der Waals surface area contributed by atoms with Crippen LogP contribution in [0.15, 0.2) is 10.6 Å². The van der Waals surface area contributed by atoms with Crippen LogP contribution in [-0.4, -0.2) is 43.5 Å². The highest BCUT2D eigenvalue weighted by Crippen LogP contribution is 2.18. The summed E-state index contributed by atoms with van der Waals surface area (Å²) in [6, 6.07) is 0. The third-order valence-electron chi connectivity index (χ3n) is 2.81. The fraction of sp³-hybridized carbons (Fsp3) is 0.727. The summed E-state index contributed by atoms with van der Waals surface area (Å²) in [5.41, 5.74) is 6.73. The number of hydrogen-bond acceptors (Lipinski definition) is 3. The van der Waals surface area contributed by atoms with E-state index in [0.29, 0.717) is 24.7 Å². The third kappa shape index (κ3) is 5.25. The normalized spacial score (nSPS) is 22.5. The molecule has 0 bridgehead atoms. The van der Waals surface area contributed by atoms with Crippen LogP contribution in [0.4, 0.5) is 0 Å². The van der Waals surface area contributed by atoms with E-state index in [9.17, 15) is 4.79 Å². The minimum absolute atomic E-state index is 0.0371. The number of halogens is 2. The standard InChI is InChI=1S/C11H19Cl2N3O/c12-6-10(13)8-16-5-1-2-9(7-16)11(17)15-4-3-14/h6,9H,1-5,7-8,14H2,(H,15,17). The van der Waals surface area contributed by atoms with Gasteiger partial charge < -0.3 is 11.1 Å². The maximum Gasteiger partial charge on any atom is 0.224 e. The lowest BCUT2D eigenvalue weighted by Crippen LogP contribution is -2.44. The van der Waals surface area contributed by atoms with Crippen molar-refractivity contribution < 1.29 is 4.79 Å². The predicted molar refractivity (Wildman–Crippen MR) is 71.0 cm³/mol. The Hall–Kier alpha value is -0.290. The Morgan fingerprint density at radius 1 is 1.59 bits per heavy atom. The van der Waals surface area contributed by atoms with Crippen molar-refractivity contribution in [1.82, 2.24) is 10.2 Å². The number of amides is 1. The first kappa shape index (κ1) is 14.8. The molecule has 6 heteroatoms. The Morgan fingerprint density at radius 2 is 2.35 bits per heavy atom. The van der Waals surface area contributed by atoms with Gasteiger partial charge in [0, 0.05) is 36.7 Å². The Bertz CT molecular complexity index is 284. The zero-order valence-electron chi connectivity index (χ0n) is 9.79. The summed E-state index contributed by atoms with van der Waals surface area (Å²) in [4.78, 5) is 13.9. The number of rotatable bonds is 5. The second-order valence-corrected chi connectivity index (χ2v) is 4.91. The third-order valence-corrected chi connectivity index (χ3v) is 3.42. The van der Waals surface area contributed by atoms with Gasteiger partial charge in [0.25, 0.3) is 0 Å². The van der Waals surface area contributed by atoms with Gasteiger partial charge in [-0.2, -0.15) is 0 Å². The van der Waals surface area contributed by atoms with Crippen LogP contribution in [0.25, 0.3) is 0 Å². The second kappa shape index (κ2) is 7.93. The van der Waals surface area contributed by atoms with Gasteiger partial charge in [0.05, 0.1) is 5.92 Å². The fourth-order valence-electron chi connectivity index (χ4n) is 2.00. The Morgan fingerprint density at radius 3 is 3.00 bits per heavy atom. The molecule has 1 aliphatic rings. The van der Waals surface area contributed by atoms with Crippen molar-refractivity contribution in [3.8, 4) is 0 Å². The lowest BCUT2D eigenvalue weighted by atomic mass is 9.97. The van der Waals surface area contributed by atoms with E-state index >= 15 is 0 Å². The second-order valence-electron chi connectivity index (χ2n) is 4.21. The van der Waals surface area contributed by atoms with E-state index < -0.39 is 0 Å². The minimum Gasteiger partial charge on any atom is -0.355 e. The molecule has 1 fully saturated rings. The number of likely N-dealkylation sites (tertiary alicyclic amines) is 1. The average Bonchev–Trinajstić information content (AvgIpc) is 2.36. The Kier molecular flexibility index (Phi) is 6.89. The first-order valence-corrected chi connectivity index (χ1v) is 6.63. The van der Waals surface area contributed by atoms with Crippen LogP contribution in [0.3, 0.4) is 0 Å². The summed E-state index contributed by atoms with van der Waals surface area (Å²) in [6.07, 6.45) is 1.93. The van der Waals surface area contributed by atoms with Crippen molar-refractivity contribution in [2.45, 2.75) is 12.8 Å². The molecule has 0 saturated carbocycles. The summed E-state index contributed by atoms with van der Waals surface area (Å²) < 4.78 is 0. The van der Waals surface area contributed by atoms with Gasteiger partial charge in [-0.25, -0.2) is 0 Å². The number of hydrogen-bond donors (Lipinski definition) is 2. The van der Waals surface area contributed by atoms with E-state index in [4.69, 9.17) is 28.9 Å². The molecule has 1 rings (SSSR count). The molecule has 98 valence electrons. The van der Waals surface area contributed by atoms with Crippen LogP contribution in [-0.2, 0) is 4.79 Å². The topological polar surface area (TPSA) is 58.4 Å². The van der Waals surface area contributed by atoms with Crippen LogP contribution >= 0.6 is 23.2 Å². The predicted octanol–water partition coefficient (Wildman–Crippen LogP) is 1.09. The molecule has 0 spiro atoms. The Balaban J connectivity index is 2.40. The molecular formula is C11H19Cl2N3O. The number of piperidine rings is 1. The van der Waals surface area contributed by atoms with Crippen molar-refractivity contribution in [3.05, 3.63) is 10.6 Å². The number of carbonyl (C=O) groups is 1. The maximum absolute atomic E-state index is 11.8. The number of nitrogens with zero attached hydrogens (tertiary/aromatic N) is 1. The van der Waals surface area contributed by atoms with E-state index in [0.717, 1.165) is 25.9 Å². The van der Waals surface area contributed by atoms with Gasteiger partial charge in [-0.3, -0.25) is 9.69 Å². The lowest BCUT2D eigenvalue weighted by Gasteiger charge is -2.31. The first-order valence-electron chi connectivity index (χ1n) is 5.82. The molecule has 0 aliphatic carbocycles. The summed E-state index contributed by atoms with van der Waals surface area (Å²) >= 11 is 11.4. The highest BCUT2D eigenvalue weighted by Gasteiger charge is 2.25. The zero-order valence-corrected chi connectivity index (χ0v) is 11.3. The molecule has 1 aliphatic heterocycles. The fourth-order valence-corrected chi connectivity index (χ4v) is 2.24. The van der Waals surface area contributed by atoms with Crippen LogP contribution in [0.5, 0.6) is 0 Å². The van der Waals surface area contributed by atoms with E-state index in [1.165, 1.54) is 5.54 Å². The lowest BCUT2D eigenvalue weighted by molar-refractivity contribution is -0.126. The highest BCUT2D eigenvalue weighted by molar-refractivity contribution is 6.36.